The van der Waals surface area contributed by atoms with Crippen LogP contribution in [0.1, 0.15) is 46.5 Å². The van der Waals surface area contributed by atoms with Crippen LogP contribution in [0.3, 0.4) is 0 Å². The molecule has 4 rings (SSSR count). The highest BCUT2D eigenvalue weighted by Gasteiger charge is 2.34. The number of ether oxygens (including phenoxy) is 1. The predicted octanol–water partition coefficient (Wildman–Crippen LogP) is 2.57. The largest absolute Gasteiger partial charge is 0.496 e. The zero-order valence-electron chi connectivity index (χ0n) is 18.9. The van der Waals surface area contributed by atoms with Gasteiger partial charge in [-0.05, 0) is 43.5 Å². The molecule has 1 aliphatic heterocycles. The number of aromatic amines is 1. The summed E-state index contributed by atoms with van der Waals surface area (Å²) >= 11 is 0. The number of methoxy groups -OCH3 is 1. The van der Waals surface area contributed by atoms with Crippen LogP contribution in [0.15, 0.2) is 48.8 Å². The molecule has 172 valence electrons. The minimum absolute atomic E-state index is 0.0383. The zero-order valence-corrected chi connectivity index (χ0v) is 18.9. The Labute approximate surface area is 192 Å². The van der Waals surface area contributed by atoms with Crippen molar-refractivity contribution in [2.45, 2.75) is 32.2 Å². The van der Waals surface area contributed by atoms with E-state index in [4.69, 9.17) is 4.74 Å². The van der Waals surface area contributed by atoms with Crippen molar-refractivity contribution in [1.82, 2.24) is 30.0 Å². The van der Waals surface area contributed by atoms with Gasteiger partial charge in [-0.2, -0.15) is 5.10 Å². The molecule has 0 bridgehead atoms. The minimum Gasteiger partial charge on any atom is -0.496 e. The van der Waals surface area contributed by atoms with E-state index in [9.17, 15) is 9.59 Å². The normalized spacial score (nSPS) is 16.4. The lowest BCUT2D eigenvalue weighted by atomic mass is 10.1. The van der Waals surface area contributed by atoms with Crippen LogP contribution in [0.4, 0.5) is 0 Å². The Kier molecular flexibility index (Phi) is 6.97. The maximum absolute atomic E-state index is 13.3. The molecule has 1 unspecified atom stereocenters. The minimum atomic E-state index is -0.437. The van der Waals surface area contributed by atoms with Crippen molar-refractivity contribution in [2.75, 3.05) is 26.7 Å². The van der Waals surface area contributed by atoms with Crippen LogP contribution in [0.2, 0.25) is 0 Å². The molecular formula is C24H28N6O3. The molecular weight excluding hydrogens is 420 g/mol. The molecule has 33 heavy (non-hydrogen) atoms. The molecule has 0 aliphatic carbocycles. The highest BCUT2D eigenvalue weighted by molar-refractivity contribution is 5.94. The summed E-state index contributed by atoms with van der Waals surface area (Å²) < 4.78 is 5.41. The zero-order chi connectivity index (χ0) is 23.2. The molecule has 1 aliphatic rings. The Bertz CT molecular complexity index is 1100. The Morgan fingerprint density at radius 3 is 2.67 bits per heavy atom. The summed E-state index contributed by atoms with van der Waals surface area (Å²) in [7, 11) is 1.63. The number of nitrogens with one attached hydrogen (secondary N) is 1. The first-order chi connectivity index (χ1) is 16.1. The van der Waals surface area contributed by atoms with Gasteiger partial charge < -0.3 is 14.5 Å². The third kappa shape index (κ3) is 5.19. The molecule has 0 spiro atoms. The highest BCUT2D eigenvalue weighted by Crippen LogP contribution is 2.26. The number of para-hydroxylation sites is 1. The quantitative estimate of drug-likeness (QED) is 0.622. The molecule has 0 saturated carbocycles. The fourth-order valence-corrected chi connectivity index (χ4v) is 4.16. The smallest absolute Gasteiger partial charge is 0.254 e. The molecule has 1 fully saturated rings. The number of H-pyrrole nitrogens is 1. The summed E-state index contributed by atoms with van der Waals surface area (Å²) in [5, 5.41) is 7.18. The first kappa shape index (κ1) is 22.4. The van der Waals surface area contributed by atoms with Gasteiger partial charge in [-0.3, -0.25) is 19.7 Å². The highest BCUT2D eigenvalue weighted by atomic mass is 16.5. The Hall–Kier alpha value is -3.75. The molecule has 9 heteroatoms. The van der Waals surface area contributed by atoms with E-state index in [1.165, 1.54) is 0 Å². The maximum atomic E-state index is 13.3. The average Bonchev–Trinajstić information content (AvgIpc) is 3.16. The molecule has 1 atom stereocenters. The summed E-state index contributed by atoms with van der Waals surface area (Å²) in [5.41, 5.74) is 1.55. The Balaban J connectivity index is 1.53. The van der Waals surface area contributed by atoms with E-state index >= 15 is 0 Å². The van der Waals surface area contributed by atoms with Crippen molar-refractivity contribution < 1.29 is 14.3 Å². The van der Waals surface area contributed by atoms with Gasteiger partial charge in [0.25, 0.3) is 5.91 Å². The van der Waals surface area contributed by atoms with E-state index in [0.717, 1.165) is 11.3 Å². The maximum Gasteiger partial charge on any atom is 0.254 e. The van der Waals surface area contributed by atoms with Gasteiger partial charge in [-0.15, -0.1) is 0 Å². The van der Waals surface area contributed by atoms with Gasteiger partial charge in [-0.1, -0.05) is 18.2 Å². The SMILES string of the molecule is COc1ccccc1CCC(=O)N1CCCN(C(=O)c2ccncc2)C(c2n[nH]c(C)n2)C1. The van der Waals surface area contributed by atoms with Crippen molar-refractivity contribution in [3.63, 3.8) is 0 Å². The van der Waals surface area contributed by atoms with Crippen LogP contribution in [0, 0.1) is 6.92 Å². The summed E-state index contributed by atoms with van der Waals surface area (Å²) in [6.45, 7) is 3.25. The number of carbonyl (C=O) groups is 2. The monoisotopic (exact) mass is 448 g/mol. The fraction of sp³-hybridized carbons (Fsp3) is 0.375. The van der Waals surface area contributed by atoms with Gasteiger partial charge in [0, 0.05) is 44.0 Å². The topological polar surface area (TPSA) is 104 Å². The first-order valence-corrected chi connectivity index (χ1v) is 11.1. The number of carbonyl (C=O) groups excluding carboxylic acids is 2. The number of hydrogen-bond acceptors (Lipinski definition) is 6. The second kappa shape index (κ2) is 10.2. The lowest BCUT2D eigenvalue weighted by Gasteiger charge is -2.30. The molecule has 2 aromatic heterocycles. The number of amides is 2. The van der Waals surface area contributed by atoms with Gasteiger partial charge in [0.1, 0.15) is 17.6 Å². The molecule has 0 radical (unpaired) electrons. The first-order valence-electron chi connectivity index (χ1n) is 11.1. The number of pyridine rings is 1. The molecule has 3 heterocycles. The third-order valence-electron chi connectivity index (χ3n) is 5.85. The number of hydrogen-bond donors (Lipinski definition) is 1. The second-order valence-electron chi connectivity index (χ2n) is 8.03. The third-order valence-corrected chi connectivity index (χ3v) is 5.85. The van der Waals surface area contributed by atoms with E-state index < -0.39 is 6.04 Å². The Morgan fingerprint density at radius 2 is 1.94 bits per heavy atom. The molecule has 3 aromatic rings. The number of nitrogens with zero attached hydrogens (tertiary/aromatic N) is 5. The molecule has 1 aromatic carbocycles. The van der Waals surface area contributed by atoms with Gasteiger partial charge in [0.15, 0.2) is 5.82 Å². The van der Waals surface area contributed by atoms with Crippen LogP contribution in [0.5, 0.6) is 5.75 Å². The van der Waals surface area contributed by atoms with E-state index in [-0.39, 0.29) is 11.8 Å². The molecule has 1 saturated heterocycles. The molecule has 2 amide bonds. The number of aromatic nitrogens is 4. The van der Waals surface area contributed by atoms with Gasteiger partial charge in [0.05, 0.1) is 7.11 Å². The lowest BCUT2D eigenvalue weighted by molar-refractivity contribution is -0.131. The lowest BCUT2D eigenvalue weighted by Crippen LogP contribution is -2.40. The number of rotatable bonds is 6. The molecule has 9 nitrogen and oxygen atoms in total. The number of aryl methyl sites for hydroxylation is 2. The van der Waals surface area contributed by atoms with Crippen molar-refractivity contribution in [2.24, 2.45) is 0 Å². The van der Waals surface area contributed by atoms with Gasteiger partial charge in [-0.25, -0.2) is 4.98 Å². The number of benzene rings is 1. The van der Waals surface area contributed by atoms with Crippen molar-refractivity contribution in [1.29, 1.82) is 0 Å². The fourth-order valence-electron chi connectivity index (χ4n) is 4.16. The van der Waals surface area contributed by atoms with Crippen LogP contribution < -0.4 is 4.74 Å². The summed E-state index contributed by atoms with van der Waals surface area (Å²) in [5.74, 6) is 1.88. The van der Waals surface area contributed by atoms with Gasteiger partial charge in [0.2, 0.25) is 5.91 Å². The Morgan fingerprint density at radius 1 is 1.15 bits per heavy atom. The summed E-state index contributed by atoms with van der Waals surface area (Å²) in [6.07, 6.45) is 4.83. The van der Waals surface area contributed by atoms with E-state index in [1.807, 2.05) is 36.1 Å². The van der Waals surface area contributed by atoms with Crippen LogP contribution in [-0.2, 0) is 11.2 Å². The molecule has 1 N–H and O–H groups in total. The van der Waals surface area contributed by atoms with Crippen molar-refractivity contribution >= 4 is 11.8 Å². The van der Waals surface area contributed by atoms with E-state index in [0.29, 0.717) is 56.1 Å². The van der Waals surface area contributed by atoms with E-state index in [1.54, 1.807) is 36.5 Å². The van der Waals surface area contributed by atoms with Crippen LogP contribution >= 0.6 is 0 Å². The predicted molar refractivity (Wildman–Crippen MR) is 122 cm³/mol. The second-order valence-corrected chi connectivity index (χ2v) is 8.03. The van der Waals surface area contributed by atoms with Crippen LogP contribution in [0.25, 0.3) is 0 Å². The van der Waals surface area contributed by atoms with Crippen molar-refractivity contribution in [3.8, 4) is 5.75 Å². The van der Waals surface area contributed by atoms with Crippen LogP contribution in [-0.4, -0.2) is 68.5 Å². The standard InChI is InChI=1S/C24H28N6O3/c1-17-26-23(28-27-17)20-16-29(22(31)9-8-18-6-3-4-7-21(18)33-2)14-5-15-30(20)24(32)19-10-12-25-13-11-19/h3-4,6-7,10-13,20H,5,8-9,14-16H2,1-2H3,(H,26,27,28). The average molecular weight is 449 g/mol. The summed E-state index contributed by atoms with van der Waals surface area (Å²) in [6, 6.07) is 10.7. The van der Waals surface area contributed by atoms with Crippen molar-refractivity contribution in [3.05, 3.63) is 71.6 Å². The van der Waals surface area contributed by atoms with Gasteiger partial charge >= 0.3 is 0 Å². The van der Waals surface area contributed by atoms with E-state index in [2.05, 4.69) is 20.2 Å². The summed E-state index contributed by atoms with van der Waals surface area (Å²) in [4.78, 5) is 38.6.